The number of fused-ring (bicyclic) bond motifs is 1. The van der Waals surface area contributed by atoms with Gasteiger partial charge in [-0.2, -0.15) is 4.98 Å². The number of aryl methyl sites for hydroxylation is 2. The van der Waals surface area contributed by atoms with Crippen LogP contribution in [0.5, 0.6) is 0 Å². The van der Waals surface area contributed by atoms with Gasteiger partial charge in [-0.25, -0.2) is 0 Å². The second-order valence-corrected chi connectivity index (χ2v) is 6.50. The first-order valence-electron chi connectivity index (χ1n) is 8.42. The first-order valence-corrected chi connectivity index (χ1v) is 8.42. The Bertz CT molecular complexity index is 725. The highest BCUT2D eigenvalue weighted by molar-refractivity contribution is 5.85. The lowest BCUT2D eigenvalue weighted by Crippen LogP contribution is -2.36. The van der Waals surface area contributed by atoms with Crippen molar-refractivity contribution in [3.63, 3.8) is 0 Å². The molecular formula is C18H21N3O2. The average molecular weight is 311 g/mol. The lowest BCUT2D eigenvalue weighted by molar-refractivity contribution is -0.134. The van der Waals surface area contributed by atoms with Crippen LogP contribution in [0, 0.1) is 6.92 Å². The van der Waals surface area contributed by atoms with Gasteiger partial charge in [0.15, 0.2) is 5.82 Å². The zero-order valence-corrected chi connectivity index (χ0v) is 13.4. The number of aromatic nitrogens is 2. The number of hydrogen-bond donors (Lipinski definition) is 0. The Labute approximate surface area is 135 Å². The average Bonchev–Trinajstić information content (AvgIpc) is 3.22. The number of carbonyl (C=O) groups excluding carboxylic acids is 1. The molecule has 1 fully saturated rings. The largest absolute Gasteiger partial charge is 0.340 e. The van der Waals surface area contributed by atoms with Crippen molar-refractivity contribution in [2.24, 2.45) is 0 Å². The summed E-state index contributed by atoms with van der Waals surface area (Å²) in [5.41, 5.74) is 2.53. The van der Waals surface area contributed by atoms with E-state index in [0.717, 1.165) is 38.6 Å². The number of benzene rings is 1. The molecule has 4 rings (SSSR count). The molecule has 0 saturated carbocycles. The maximum absolute atomic E-state index is 13.2. The van der Waals surface area contributed by atoms with E-state index in [-0.39, 0.29) is 17.9 Å². The molecule has 0 radical (unpaired) electrons. The summed E-state index contributed by atoms with van der Waals surface area (Å²) in [5, 5.41) is 4.04. The van der Waals surface area contributed by atoms with E-state index in [9.17, 15) is 4.79 Å². The van der Waals surface area contributed by atoms with Crippen molar-refractivity contribution in [3.8, 4) is 0 Å². The third kappa shape index (κ3) is 2.54. The maximum atomic E-state index is 13.2. The van der Waals surface area contributed by atoms with Gasteiger partial charge in [0.05, 0.1) is 12.0 Å². The van der Waals surface area contributed by atoms with Crippen molar-refractivity contribution >= 4 is 5.91 Å². The molecule has 5 heteroatoms. The second-order valence-electron chi connectivity index (χ2n) is 6.50. The third-order valence-corrected chi connectivity index (χ3v) is 5.04. The van der Waals surface area contributed by atoms with E-state index < -0.39 is 0 Å². The van der Waals surface area contributed by atoms with Crippen molar-refractivity contribution in [1.29, 1.82) is 0 Å². The first-order chi connectivity index (χ1) is 11.2. The summed E-state index contributed by atoms with van der Waals surface area (Å²) in [4.78, 5) is 19.5. The van der Waals surface area contributed by atoms with Crippen LogP contribution < -0.4 is 0 Å². The summed E-state index contributed by atoms with van der Waals surface area (Å²) in [7, 11) is 0. The summed E-state index contributed by atoms with van der Waals surface area (Å²) in [6.45, 7) is 2.57. The summed E-state index contributed by atoms with van der Waals surface area (Å²) in [6, 6.07) is 8.33. The zero-order chi connectivity index (χ0) is 15.8. The Morgan fingerprint density at radius 2 is 2.13 bits per heavy atom. The molecule has 0 spiro atoms. The molecule has 1 aliphatic carbocycles. The molecule has 1 aliphatic heterocycles. The number of likely N-dealkylation sites (tertiary alicyclic amines) is 1. The number of carbonyl (C=O) groups is 1. The fraction of sp³-hybridized carbons (Fsp3) is 0.500. The standard InChI is InChI=1S/C18H21N3O2/c1-12-19-17(20-23-12)16-10-5-11-21(16)18(22)15-9-4-7-13-6-2-3-8-14(13)15/h2-3,6,8,15-16H,4-5,7,9-11H2,1H3/t15-,16-/m0/s1. The van der Waals surface area contributed by atoms with E-state index in [0.29, 0.717) is 11.7 Å². The Kier molecular flexibility index (Phi) is 3.63. The molecule has 23 heavy (non-hydrogen) atoms. The highest BCUT2D eigenvalue weighted by Crippen LogP contribution is 2.38. The lowest BCUT2D eigenvalue weighted by atomic mass is 9.82. The molecule has 1 aromatic heterocycles. The van der Waals surface area contributed by atoms with Gasteiger partial charge in [0.1, 0.15) is 0 Å². The van der Waals surface area contributed by atoms with Crippen LogP contribution in [0.15, 0.2) is 28.8 Å². The van der Waals surface area contributed by atoms with Crippen molar-refractivity contribution in [3.05, 3.63) is 47.1 Å². The van der Waals surface area contributed by atoms with E-state index in [2.05, 4.69) is 28.3 Å². The molecular weight excluding hydrogens is 290 g/mol. The van der Waals surface area contributed by atoms with Gasteiger partial charge >= 0.3 is 0 Å². The van der Waals surface area contributed by atoms with Crippen molar-refractivity contribution in [2.45, 2.75) is 51.0 Å². The Balaban J connectivity index is 1.62. The molecule has 2 aliphatic rings. The molecule has 2 atom stereocenters. The van der Waals surface area contributed by atoms with E-state index in [4.69, 9.17) is 4.52 Å². The van der Waals surface area contributed by atoms with E-state index in [1.54, 1.807) is 6.92 Å². The molecule has 1 saturated heterocycles. The van der Waals surface area contributed by atoms with E-state index in [1.165, 1.54) is 11.1 Å². The lowest BCUT2D eigenvalue weighted by Gasteiger charge is -2.31. The molecule has 0 unspecified atom stereocenters. The molecule has 1 amide bonds. The number of hydrogen-bond acceptors (Lipinski definition) is 4. The van der Waals surface area contributed by atoms with Crippen molar-refractivity contribution in [1.82, 2.24) is 15.0 Å². The van der Waals surface area contributed by atoms with Crippen LogP contribution in [0.4, 0.5) is 0 Å². The SMILES string of the molecule is Cc1nc([C@@H]2CCCN2C(=O)[C@H]2CCCc3ccccc32)no1. The quantitative estimate of drug-likeness (QED) is 0.855. The number of rotatable bonds is 2. The van der Waals surface area contributed by atoms with Crippen LogP contribution in [-0.2, 0) is 11.2 Å². The number of nitrogens with zero attached hydrogens (tertiary/aromatic N) is 3. The predicted octanol–water partition coefficient (Wildman–Crippen LogP) is 3.16. The molecule has 2 aromatic rings. The predicted molar refractivity (Wildman–Crippen MR) is 84.8 cm³/mol. The van der Waals surface area contributed by atoms with Gasteiger partial charge in [0.2, 0.25) is 11.8 Å². The first kappa shape index (κ1) is 14.4. The topological polar surface area (TPSA) is 59.2 Å². The van der Waals surface area contributed by atoms with Gasteiger partial charge in [-0.1, -0.05) is 29.4 Å². The minimum Gasteiger partial charge on any atom is -0.340 e. The Morgan fingerprint density at radius 3 is 2.96 bits per heavy atom. The minimum absolute atomic E-state index is 0.0199. The van der Waals surface area contributed by atoms with Crippen molar-refractivity contribution < 1.29 is 9.32 Å². The molecule has 2 heterocycles. The molecule has 0 bridgehead atoms. The third-order valence-electron chi connectivity index (χ3n) is 5.04. The summed E-state index contributed by atoms with van der Waals surface area (Å²) < 4.78 is 5.11. The van der Waals surface area contributed by atoms with Gasteiger partial charge in [-0.15, -0.1) is 0 Å². The smallest absolute Gasteiger partial charge is 0.230 e. The van der Waals surface area contributed by atoms with E-state index >= 15 is 0 Å². The summed E-state index contributed by atoms with van der Waals surface area (Å²) >= 11 is 0. The fourth-order valence-electron chi connectivity index (χ4n) is 3.96. The van der Waals surface area contributed by atoms with Gasteiger partial charge in [0, 0.05) is 13.5 Å². The highest BCUT2D eigenvalue weighted by Gasteiger charge is 2.38. The zero-order valence-electron chi connectivity index (χ0n) is 13.4. The van der Waals surface area contributed by atoms with Crippen LogP contribution in [0.1, 0.15) is 60.5 Å². The Hall–Kier alpha value is -2.17. The van der Waals surface area contributed by atoms with Gasteiger partial charge in [0.25, 0.3) is 0 Å². The molecule has 5 nitrogen and oxygen atoms in total. The fourth-order valence-corrected chi connectivity index (χ4v) is 3.96. The summed E-state index contributed by atoms with van der Waals surface area (Å²) in [5.74, 6) is 1.41. The van der Waals surface area contributed by atoms with Crippen LogP contribution >= 0.6 is 0 Å². The van der Waals surface area contributed by atoms with Gasteiger partial charge in [-0.3, -0.25) is 4.79 Å². The molecule has 0 N–H and O–H groups in total. The maximum Gasteiger partial charge on any atom is 0.230 e. The van der Waals surface area contributed by atoms with Crippen molar-refractivity contribution in [2.75, 3.05) is 6.54 Å². The van der Waals surface area contributed by atoms with E-state index in [1.807, 2.05) is 11.0 Å². The Morgan fingerprint density at radius 1 is 1.26 bits per heavy atom. The van der Waals surface area contributed by atoms with Crippen LogP contribution in [0.3, 0.4) is 0 Å². The van der Waals surface area contributed by atoms with Gasteiger partial charge < -0.3 is 9.42 Å². The minimum atomic E-state index is -0.0333. The normalized spacial score (nSPS) is 23.8. The molecule has 120 valence electrons. The summed E-state index contributed by atoms with van der Waals surface area (Å²) in [6.07, 6.45) is 5.00. The van der Waals surface area contributed by atoms with Crippen LogP contribution in [0.25, 0.3) is 0 Å². The monoisotopic (exact) mass is 311 g/mol. The molecule has 1 aromatic carbocycles. The van der Waals surface area contributed by atoms with Crippen LogP contribution in [-0.4, -0.2) is 27.5 Å². The second kappa shape index (κ2) is 5.80. The van der Waals surface area contributed by atoms with Crippen LogP contribution in [0.2, 0.25) is 0 Å². The number of amides is 1. The highest BCUT2D eigenvalue weighted by atomic mass is 16.5. The van der Waals surface area contributed by atoms with Gasteiger partial charge in [-0.05, 0) is 43.2 Å².